The number of ether oxygens (including phenoxy) is 1. The third-order valence-electron chi connectivity index (χ3n) is 3.05. The fourth-order valence-corrected chi connectivity index (χ4v) is 2.33. The zero-order valence-electron chi connectivity index (χ0n) is 10.9. The van der Waals surface area contributed by atoms with Crippen LogP contribution in [0.15, 0.2) is 18.3 Å². The average molecular weight is 267 g/mol. The highest BCUT2D eigenvalue weighted by molar-refractivity contribution is 6.17. The highest BCUT2D eigenvalue weighted by Crippen LogP contribution is 2.23. The molecule has 0 N–H and O–H groups in total. The molecule has 0 saturated carbocycles. The van der Waals surface area contributed by atoms with E-state index in [0.29, 0.717) is 5.88 Å². The van der Waals surface area contributed by atoms with E-state index >= 15 is 0 Å². The Morgan fingerprint density at radius 2 is 2.22 bits per heavy atom. The van der Waals surface area contributed by atoms with E-state index in [1.54, 1.807) is 0 Å². The van der Waals surface area contributed by atoms with Crippen molar-refractivity contribution < 1.29 is 4.74 Å². The lowest BCUT2D eigenvalue weighted by molar-refractivity contribution is 0.308. The van der Waals surface area contributed by atoms with Crippen LogP contribution in [0.2, 0.25) is 0 Å². The minimum atomic E-state index is 0.465. The largest absolute Gasteiger partial charge is 0.490 e. The molecule has 4 heteroatoms. The monoisotopic (exact) mass is 266 g/mol. The lowest BCUT2D eigenvalue weighted by Gasteiger charge is -2.07. The Hall–Kier alpha value is -1.22. The maximum absolute atomic E-state index is 5.95. The minimum absolute atomic E-state index is 0.465. The van der Waals surface area contributed by atoms with Crippen molar-refractivity contribution in [3.8, 4) is 5.75 Å². The third kappa shape index (κ3) is 2.61. The third-order valence-corrected chi connectivity index (χ3v) is 3.30. The summed E-state index contributed by atoms with van der Waals surface area (Å²) in [4.78, 5) is 4.54. The number of aromatic nitrogens is 2. The number of pyridine rings is 1. The van der Waals surface area contributed by atoms with Crippen LogP contribution in [0.1, 0.15) is 37.6 Å². The fourth-order valence-electron chi connectivity index (χ4n) is 2.01. The van der Waals surface area contributed by atoms with Crippen molar-refractivity contribution in [2.45, 2.75) is 39.0 Å². The first kappa shape index (κ1) is 13.2. The van der Waals surface area contributed by atoms with Crippen LogP contribution in [-0.4, -0.2) is 16.0 Å². The number of alkyl halides is 1. The Balaban J connectivity index is 2.23. The number of hydrogen-bond acceptors (Lipinski definition) is 2. The Kier molecular flexibility index (Phi) is 4.48. The number of nitrogens with zero attached hydrogens (tertiary/aromatic N) is 2. The smallest absolute Gasteiger partial charge is 0.180 e. The summed E-state index contributed by atoms with van der Waals surface area (Å²) < 4.78 is 7.82. The number of rotatable bonds is 6. The quantitative estimate of drug-likeness (QED) is 0.585. The topological polar surface area (TPSA) is 26.5 Å². The van der Waals surface area contributed by atoms with Crippen LogP contribution < -0.4 is 4.74 Å². The van der Waals surface area contributed by atoms with E-state index in [0.717, 1.165) is 35.8 Å². The number of imidazole rings is 1. The summed E-state index contributed by atoms with van der Waals surface area (Å²) in [5.74, 6) is 1.31. The zero-order chi connectivity index (χ0) is 13.0. The molecule has 0 aliphatic rings. The van der Waals surface area contributed by atoms with Gasteiger partial charge in [-0.15, -0.1) is 11.6 Å². The molecule has 2 heterocycles. The van der Waals surface area contributed by atoms with Gasteiger partial charge in [0.2, 0.25) is 0 Å². The maximum atomic E-state index is 5.95. The summed E-state index contributed by atoms with van der Waals surface area (Å²) in [6.07, 6.45) is 5.46. The van der Waals surface area contributed by atoms with Gasteiger partial charge in [-0.25, -0.2) is 4.98 Å². The zero-order valence-corrected chi connectivity index (χ0v) is 11.7. The van der Waals surface area contributed by atoms with Gasteiger partial charge in [0.1, 0.15) is 0 Å². The normalized spacial score (nSPS) is 11.1. The molecule has 0 unspecified atom stereocenters. The van der Waals surface area contributed by atoms with Crippen molar-refractivity contribution in [2.24, 2.45) is 0 Å². The Bertz CT molecular complexity index is 522. The highest BCUT2D eigenvalue weighted by Gasteiger charge is 2.11. The number of hydrogen-bond donors (Lipinski definition) is 0. The van der Waals surface area contributed by atoms with Gasteiger partial charge in [-0.1, -0.05) is 19.8 Å². The van der Waals surface area contributed by atoms with Crippen molar-refractivity contribution >= 4 is 17.2 Å². The number of fused-ring (bicyclic) bond motifs is 1. The Morgan fingerprint density at radius 3 is 2.94 bits per heavy atom. The first-order valence-corrected chi connectivity index (χ1v) is 6.96. The van der Waals surface area contributed by atoms with Crippen LogP contribution in [0.5, 0.6) is 5.75 Å². The van der Waals surface area contributed by atoms with E-state index in [9.17, 15) is 0 Å². The van der Waals surface area contributed by atoms with Gasteiger partial charge < -0.3 is 4.74 Å². The van der Waals surface area contributed by atoms with Crippen LogP contribution in [0.25, 0.3) is 5.65 Å². The second-order valence-corrected chi connectivity index (χ2v) is 4.67. The molecular weight excluding hydrogens is 248 g/mol. The van der Waals surface area contributed by atoms with Crippen LogP contribution >= 0.6 is 11.6 Å². The van der Waals surface area contributed by atoms with E-state index in [-0.39, 0.29) is 0 Å². The van der Waals surface area contributed by atoms with Crippen molar-refractivity contribution in [2.75, 3.05) is 6.61 Å². The molecule has 3 nitrogen and oxygen atoms in total. The summed E-state index contributed by atoms with van der Waals surface area (Å²) in [5, 5.41) is 0. The summed E-state index contributed by atoms with van der Waals surface area (Å²) >= 11 is 5.95. The Morgan fingerprint density at radius 1 is 1.39 bits per heavy atom. The molecule has 0 aliphatic heterocycles. The van der Waals surface area contributed by atoms with E-state index < -0.39 is 0 Å². The van der Waals surface area contributed by atoms with E-state index in [4.69, 9.17) is 16.3 Å². The minimum Gasteiger partial charge on any atom is -0.490 e. The van der Waals surface area contributed by atoms with Crippen molar-refractivity contribution in [1.29, 1.82) is 0 Å². The predicted molar refractivity (Wildman–Crippen MR) is 74.5 cm³/mol. The maximum Gasteiger partial charge on any atom is 0.180 e. The number of unbranched alkanes of at least 4 members (excludes halogenated alkanes) is 2. The standard InChI is InChI=1S/C14H19ClN2O/c1-3-4-5-9-18-13-7-6-8-17-12(10-15)11(2)16-14(13)17/h6-8H,3-5,9-10H2,1-2H3. The SMILES string of the molecule is CCCCCOc1cccn2c(CCl)c(C)nc12. The van der Waals surface area contributed by atoms with Gasteiger partial charge >= 0.3 is 0 Å². The summed E-state index contributed by atoms with van der Waals surface area (Å²) in [7, 11) is 0. The summed E-state index contributed by atoms with van der Waals surface area (Å²) in [6.45, 7) is 4.91. The number of aryl methyl sites for hydroxylation is 1. The molecule has 0 aliphatic carbocycles. The molecule has 0 radical (unpaired) electrons. The second-order valence-electron chi connectivity index (χ2n) is 4.40. The highest BCUT2D eigenvalue weighted by atomic mass is 35.5. The molecule has 0 bridgehead atoms. The number of halogens is 1. The molecule has 0 aromatic carbocycles. The van der Waals surface area contributed by atoms with Gasteiger partial charge in [0, 0.05) is 6.20 Å². The van der Waals surface area contributed by atoms with Gasteiger partial charge in [-0.3, -0.25) is 4.40 Å². The van der Waals surface area contributed by atoms with Gasteiger partial charge in [0.25, 0.3) is 0 Å². The summed E-state index contributed by atoms with van der Waals surface area (Å²) in [5.41, 5.74) is 2.86. The molecule has 0 fully saturated rings. The Labute approximate surface area is 113 Å². The molecule has 2 rings (SSSR count). The molecule has 0 spiro atoms. The molecule has 0 amide bonds. The van der Waals surface area contributed by atoms with E-state index in [1.165, 1.54) is 12.8 Å². The van der Waals surface area contributed by atoms with Crippen molar-refractivity contribution in [3.05, 3.63) is 29.7 Å². The molecule has 0 atom stereocenters. The molecule has 2 aromatic heterocycles. The van der Waals surface area contributed by atoms with Gasteiger partial charge in [0.15, 0.2) is 11.4 Å². The van der Waals surface area contributed by atoms with Gasteiger partial charge in [0.05, 0.1) is 23.9 Å². The lowest BCUT2D eigenvalue weighted by Crippen LogP contribution is -1.99. The van der Waals surface area contributed by atoms with Crippen molar-refractivity contribution in [3.63, 3.8) is 0 Å². The van der Waals surface area contributed by atoms with Crippen molar-refractivity contribution in [1.82, 2.24) is 9.38 Å². The first-order chi connectivity index (χ1) is 8.77. The summed E-state index contributed by atoms with van der Waals surface area (Å²) in [6, 6.07) is 3.94. The molecular formula is C14H19ClN2O. The molecule has 18 heavy (non-hydrogen) atoms. The molecule has 0 saturated heterocycles. The van der Waals surface area contributed by atoms with Gasteiger partial charge in [-0.2, -0.15) is 0 Å². The van der Waals surface area contributed by atoms with Crippen LogP contribution in [0.4, 0.5) is 0 Å². The van der Waals surface area contributed by atoms with Crippen LogP contribution in [0, 0.1) is 6.92 Å². The molecule has 2 aromatic rings. The lowest BCUT2D eigenvalue weighted by atomic mass is 10.3. The first-order valence-electron chi connectivity index (χ1n) is 6.43. The van der Waals surface area contributed by atoms with Crippen LogP contribution in [-0.2, 0) is 5.88 Å². The average Bonchev–Trinajstić information content (AvgIpc) is 2.70. The predicted octanol–water partition coefficient (Wildman–Crippen LogP) is 3.95. The molecule has 98 valence electrons. The van der Waals surface area contributed by atoms with Crippen LogP contribution in [0.3, 0.4) is 0 Å². The van der Waals surface area contributed by atoms with E-state index in [2.05, 4.69) is 11.9 Å². The van der Waals surface area contributed by atoms with E-state index in [1.807, 2.05) is 29.7 Å². The van der Waals surface area contributed by atoms with Gasteiger partial charge in [-0.05, 0) is 25.5 Å². The second kappa shape index (κ2) is 6.10. The fraction of sp³-hybridized carbons (Fsp3) is 0.500.